The van der Waals surface area contributed by atoms with Crippen molar-refractivity contribution in [1.29, 1.82) is 0 Å². The fourth-order valence-corrected chi connectivity index (χ4v) is 3.15. The average Bonchev–Trinajstić information content (AvgIpc) is 2.74. The molecule has 176 valence electrons. The topological polar surface area (TPSA) is 166 Å². The first-order chi connectivity index (χ1) is 15.4. The van der Waals surface area contributed by atoms with E-state index in [1.54, 1.807) is 0 Å². The lowest BCUT2D eigenvalue weighted by atomic mass is 10.2. The Kier molecular flexibility index (Phi) is 6.66. The van der Waals surface area contributed by atoms with Crippen LogP contribution in [0.1, 0.15) is 5.56 Å². The third-order valence-electron chi connectivity index (χ3n) is 4.14. The van der Waals surface area contributed by atoms with E-state index < -0.39 is 51.5 Å². The Morgan fingerprint density at radius 3 is 2.70 bits per heavy atom. The Bertz CT molecular complexity index is 1470. The number of anilines is 1. The number of hydrogen-bond donors (Lipinski definition) is 2. The Labute approximate surface area is 189 Å². The van der Waals surface area contributed by atoms with E-state index in [1.165, 1.54) is 14.1 Å². The van der Waals surface area contributed by atoms with E-state index in [-0.39, 0.29) is 21.9 Å². The molecule has 3 rings (SSSR count). The standard InChI is InChI=1S/C17H16ClFN6O7S/c1-20-33(29,30)23-12-11(19)8(4-5-21-12)7-25-15(26)9-6-10(18)14(32-16(27)24(2)3)22-13(9)31-17(25)28/h4-6,20H,7H2,1-3H3,(H,21,23). The number of aromatic nitrogens is 3. The molecule has 0 fully saturated rings. The number of amides is 1. The summed E-state index contributed by atoms with van der Waals surface area (Å²) in [7, 11) is -0.119. The van der Waals surface area contributed by atoms with Crippen molar-refractivity contribution in [3.8, 4) is 5.88 Å². The molecule has 16 heteroatoms. The number of hydrogen-bond acceptors (Lipinski definition) is 9. The van der Waals surface area contributed by atoms with Crippen molar-refractivity contribution < 1.29 is 26.8 Å². The maximum atomic E-state index is 14.8. The first kappa shape index (κ1) is 24.1. The van der Waals surface area contributed by atoms with Gasteiger partial charge in [-0.15, -0.1) is 0 Å². The Morgan fingerprint density at radius 1 is 1.36 bits per heavy atom. The second-order valence-electron chi connectivity index (χ2n) is 6.59. The zero-order chi connectivity index (χ0) is 24.5. The number of carbonyl (C=O) groups excluding carboxylic acids is 1. The highest BCUT2D eigenvalue weighted by Crippen LogP contribution is 2.25. The van der Waals surface area contributed by atoms with Gasteiger partial charge in [-0.05, 0) is 12.1 Å². The molecular formula is C17H16ClFN6O7S. The second-order valence-corrected chi connectivity index (χ2v) is 8.62. The van der Waals surface area contributed by atoms with Gasteiger partial charge in [0.05, 0.1) is 6.54 Å². The van der Waals surface area contributed by atoms with Gasteiger partial charge in [0.2, 0.25) is 11.6 Å². The van der Waals surface area contributed by atoms with Crippen LogP contribution in [0.3, 0.4) is 0 Å². The molecule has 33 heavy (non-hydrogen) atoms. The zero-order valence-electron chi connectivity index (χ0n) is 17.2. The number of ether oxygens (including phenoxy) is 1. The number of pyridine rings is 2. The first-order valence-electron chi connectivity index (χ1n) is 8.91. The van der Waals surface area contributed by atoms with Crippen molar-refractivity contribution in [2.75, 3.05) is 25.9 Å². The fraction of sp³-hybridized carbons (Fsp3) is 0.235. The number of fused-ring (bicyclic) bond motifs is 1. The van der Waals surface area contributed by atoms with Crippen LogP contribution in [0.4, 0.5) is 15.0 Å². The van der Waals surface area contributed by atoms with Crippen LogP contribution in [0.5, 0.6) is 5.88 Å². The minimum absolute atomic E-state index is 0.214. The average molecular weight is 503 g/mol. The number of carbonyl (C=O) groups is 1. The van der Waals surface area contributed by atoms with E-state index in [1.807, 2.05) is 9.44 Å². The lowest BCUT2D eigenvalue weighted by Crippen LogP contribution is -2.33. The van der Waals surface area contributed by atoms with Crippen LogP contribution in [-0.4, -0.2) is 55.1 Å². The van der Waals surface area contributed by atoms with E-state index in [9.17, 15) is 27.2 Å². The van der Waals surface area contributed by atoms with Crippen molar-refractivity contribution in [2.24, 2.45) is 0 Å². The van der Waals surface area contributed by atoms with Gasteiger partial charge >= 0.3 is 11.8 Å². The monoisotopic (exact) mass is 502 g/mol. The molecular weight excluding hydrogens is 487 g/mol. The summed E-state index contributed by atoms with van der Waals surface area (Å²) in [5.74, 6) is -3.33. The number of halogens is 2. The Balaban J connectivity index is 2.05. The molecule has 0 aliphatic carbocycles. The van der Waals surface area contributed by atoms with Crippen LogP contribution in [0.25, 0.3) is 11.1 Å². The summed E-state index contributed by atoms with van der Waals surface area (Å²) in [6.45, 7) is -0.616. The smallest absolute Gasteiger partial charge is 0.390 e. The first-order valence-corrected chi connectivity index (χ1v) is 10.8. The fourth-order valence-electron chi connectivity index (χ4n) is 2.46. The van der Waals surface area contributed by atoms with Crippen molar-refractivity contribution in [3.05, 3.63) is 55.6 Å². The highest BCUT2D eigenvalue weighted by molar-refractivity contribution is 7.90. The van der Waals surface area contributed by atoms with Crippen LogP contribution < -0.4 is 25.5 Å². The molecule has 0 bridgehead atoms. The highest BCUT2D eigenvalue weighted by Gasteiger charge is 2.20. The Morgan fingerprint density at radius 2 is 2.06 bits per heavy atom. The Hall–Kier alpha value is -3.56. The van der Waals surface area contributed by atoms with Gasteiger partial charge in [0.15, 0.2) is 11.6 Å². The van der Waals surface area contributed by atoms with E-state index in [0.29, 0.717) is 4.57 Å². The van der Waals surface area contributed by atoms with Gasteiger partial charge in [0.1, 0.15) is 10.4 Å². The molecule has 0 aliphatic rings. The minimum atomic E-state index is -4.07. The molecule has 0 saturated carbocycles. The highest BCUT2D eigenvalue weighted by atomic mass is 35.5. The number of nitrogens with zero attached hydrogens (tertiary/aromatic N) is 4. The number of nitrogens with one attached hydrogen (secondary N) is 2. The van der Waals surface area contributed by atoms with E-state index >= 15 is 0 Å². The normalized spacial score (nSPS) is 11.4. The molecule has 3 aromatic rings. The van der Waals surface area contributed by atoms with Crippen molar-refractivity contribution in [2.45, 2.75) is 6.54 Å². The molecule has 3 heterocycles. The van der Waals surface area contributed by atoms with E-state index in [0.717, 1.165) is 30.3 Å². The van der Waals surface area contributed by atoms with Crippen molar-refractivity contribution in [1.82, 2.24) is 24.2 Å². The van der Waals surface area contributed by atoms with Crippen molar-refractivity contribution >= 4 is 44.8 Å². The summed E-state index contributed by atoms with van der Waals surface area (Å²) in [6.07, 6.45) is 0.279. The van der Waals surface area contributed by atoms with E-state index in [4.69, 9.17) is 20.8 Å². The molecule has 0 aromatic carbocycles. The largest absolute Gasteiger partial charge is 0.423 e. The van der Waals surface area contributed by atoms with Gasteiger partial charge in [-0.25, -0.2) is 28.3 Å². The quantitative estimate of drug-likeness (QED) is 0.488. The molecule has 2 N–H and O–H groups in total. The molecule has 0 aliphatic heterocycles. The third-order valence-corrected chi connectivity index (χ3v) is 5.41. The summed E-state index contributed by atoms with van der Waals surface area (Å²) in [5, 5.41) is -0.455. The van der Waals surface area contributed by atoms with Gasteiger partial charge < -0.3 is 14.1 Å². The predicted molar refractivity (Wildman–Crippen MR) is 114 cm³/mol. The second kappa shape index (κ2) is 9.13. The van der Waals surface area contributed by atoms with Crippen LogP contribution in [0.15, 0.2) is 32.3 Å². The van der Waals surface area contributed by atoms with Crippen LogP contribution in [0.2, 0.25) is 5.02 Å². The maximum absolute atomic E-state index is 14.8. The number of rotatable bonds is 6. The maximum Gasteiger partial charge on any atom is 0.423 e. The summed E-state index contributed by atoms with van der Waals surface area (Å²) >= 11 is 6.03. The molecule has 0 spiro atoms. The summed E-state index contributed by atoms with van der Waals surface area (Å²) < 4.78 is 52.3. The molecule has 0 saturated heterocycles. The zero-order valence-corrected chi connectivity index (χ0v) is 18.8. The molecule has 13 nitrogen and oxygen atoms in total. The summed E-state index contributed by atoms with van der Waals surface area (Å²) in [5.41, 5.74) is -1.61. The minimum Gasteiger partial charge on any atom is -0.390 e. The van der Waals surface area contributed by atoms with E-state index in [2.05, 4.69) is 9.97 Å². The van der Waals surface area contributed by atoms with Gasteiger partial charge in [-0.2, -0.15) is 13.4 Å². The molecule has 0 unspecified atom stereocenters. The third kappa shape index (κ3) is 5.10. The van der Waals surface area contributed by atoms with Crippen molar-refractivity contribution in [3.63, 3.8) is 0 Å². The van der Waals surface area contributed by atoms with Gasteiger partial charge in [-0.1, -0.05) is 11.6 Å². The van der Waals surface area contributed by atoms with Crippen LogP contribution in [0, 0.1) is 5.82 Å². The summed E-state index contributed by atoms with van der Waals surface area (Å²) in [6, 6.07) is 2.23. The SMILES string of the molecule is CNS(=O)(=O)Nc1nccc(Cn2c(=O)oc3nc(OC(=O)N(C)C)c(Cl)cc3c2=O)c1F. The molecule has 3 aromatic heterocycles. The molecule has 0 atom stereocenters. The van der Waals surface area contributed by atoms with Gasteiger partial charge in [-0.3, -0.25) is 9.52 Å². The van der Waals surface area contributed by atoms with Crippen LogP contribution in [-0.2, 0) is 16.8 Å². The lowest BCUT2D eigenvalue weighted by Gasteiger charge is -2.12. The molecule has 1 amide bonds. The summed E-state index contributed by atoms with van der Waals surface area (Å²) in [4.78, 5) is 45.5. The van der Waals surface area contributed by atoms with Gasteiger partial charge in [0.25, 0.3) is 15.8 Å². The van der Waals surface area contributed by atoms with Gasteiger partial charge in [0, 0.05) is 32.9 Å². The molecule has 0 radical (unpaired) electrons. The lowest BCUT2D eigenvalue weighted by molar-refractivity contribution is 0.170. The predicted octanol–water partition coefficient (Wildman–Crippen LogP) is 0.522. The van der Waals surface area contributed by atoms with Crippen LogP contribution >= 0.6 is 11.6 Å².